The molecule has 0 aromatic rings. The van der Waals surface area contributed by atoms with Crippen molar-refractivity contribution in [2.75, 3.05) is 12.5 Å². The Kier molecular flexibility index (Phi) is 12.7. The van der Waals surface area contributed by atoms with Crippen molar-refractivity contribution in [1.82, 2.24) is 0 Å². The minimum atomic E-state index is -2.56. The van der Waals surface area contributed by atoms with Crippen molar-refractivity contribution in [3.8, 4) is 0 Å². The maximum Gasteiger partial charge on any atom is 1.00 e. The average Bonchev–Trinajstić information content (AvgIpc) is 1.83. The van der Waals surface area contributed by atoms with E-state index in [1.54, 1.807) is 0 Å². The van der Waals surface area contributed by atoms with E-state index < -0.39 is 17.1 Å². The van der Waals surface area contributed by atoms with Gasteiger partial charge in [0, 0.05) is 0 Å². The normalized spacial score (nSPS) is 12.7. The summed E-state index contributed by atoms with van der Waals surface area (Å²) in [5.41, 5.74) is 0. The summed E-state index contributed by atoms with van der Waals surface area (Å²) < 4.78 is 23.3. The van der Waals surface area contributed by atoms with Crippen LogP contribution in [0.1, 0.15) is 0 Å². The molecule has 0 aliphatic heterocycles. The topological polar surface area (TPSA) is 63.6 Å². The van der Waals surface area contributed by atoms with Gasteiger partial charge < -0.3 is 17.7 Å². The molecule has 10 heavy (non-hydrogen) atoms. The molecule has 0 rings (SSSR count). The van der Waals surface area contributed by atoms with Crippen molar-refractivity contribution in [2.24, 2.45) is 0 Å². The van der Waals surface area contributed by atoms with Crippen LogP contribution in [0.2, 0.25) is 0 Å². The molecule has 0 aromatic heterocycles. The Labute approximate surface area is 108 Å². The summed E-state index contributed by atoms with van der Waals surface area (Å²) in [7, 11) is -2.56. The molecule has 1 N–H and O–H groups in total. The fourth-order valence-electron chi connectivity index (χ4n) is 0.179. The Bertz CT molecular complexity index is 130. The van der Waals surface area contributed by atoms with Gasteiger partial charge in [0.1, 0.15) is 0 Å². The van der Waals surface area contributed by atoms with E-state index in [1.165, 1.54) is 0 Å². The summed E-state index contributed by atoms with van der Waals surface area (Å²) in [4.78, 5) is 0. The number of aliphatic hydroxyl groups is 1. The Balaban J connectivity index is 0. The van der Waals surface area contributed by atoms with E-state index in [2.05, 4.69) is 4.18 Å². The second kappa shape index (κ2) is 8.89. The van der Waals surface area contributed by atoms with Crippen LogP contribution in [0.4, 0.5) is 0 Å². The summed E-state index contributed by atoms with van der Waals surface area (Å²) in [6.45, 7) is -0.278. The van der Waals surface area contributed by atoms with Gasteiger partial charge in [0.2, 0.25) is 0 Å². The van der Waals surface area contributed by atoms with Crippen LogP contribution in [0.3, 0.4) is 0 Å². The Morgan fingerprint density at radius 2 is 2.10 bits per heavy atom. The predicted octanol–water partition coefficient (Wildman–Crippen LogP) is -3.17. The van der Waals surface area contributed by atoms with Gasteiger partial charge in [-0.05, 0) is 0 Å². The van der Waals surface area contributed by atoms with Gasteiger partial charge in [-0.3, -0.25) is 0 Å². The third-order valence-electron chi connectivity index (χ3n) is 0.535. The fraction of sp³-hybridized carbons (Fsp3) is 1.00. The van der Waals surface area contributed by atoms with Gasteiger partial charge in [-0.15, -0.1) is 11.6 Å². The predicted molar refractivity (Wildman–Crippen MR) is 31.4 cm³/mol. The summed E-state index contributed by atoms with van der Waals surface area (Å²) in [6.07, 6.45) is -0.912. The van der Waals surface area contributed by atoms with E-state index in [-0.39, 0.29) is 63.9 Å². The van der Waals surface area contributed by atoms with Crippen LogP contribution in [-0.4, -0.2) is 23.7 Å². The van der Waals surface area contributed by atoms with Crippen molar-refractivity contribution in [1.29, 1.82) is 0 Å². The molecule has 56 valence electrons. The SMILES string of the molecule is O=[S-](=O)OCC(O)CCl.[K+]. The second-order valence-electron chi connectivity index (χ2n) is 1.30. The third-order valence-corrected chi connectivity index (χ3v) is 1.22. The quantitative estimate of drug-likeness (QED) is 0.304. The zero-order valence-electron chi connectivity index (χ0n) is 5.45. The summed E-state index contributed by atoms with van der Waals surface area (Å²) in [5, 5.41) is 8.58. The third kappa shape index (κ3) is 9.80. The maximum atomic E-state index is 9.64. The van der Waals surface area contributed by atoms with Crippen LogP contribution in [0.15, 0.2) is 0 Å². The molecule has 1 unspecified atom stereocenters. The number of rotatable bonds is 4. The summed E-state index contributed by atoms with van der Waals surface area (Å²) in [6, 6.07) is 0. The zero-order valence-corrected chi connectivity index (χ0v) is 10.1. The Morgan fingerprint density at radius 1 is 1.60 bits per heavy atom. The van der Waals surface area contributed by atoms with E-state index in [0.29, 0.717) is 0 Å². The number of hydrogen-bond acceptors (Lipinski definition) is 5. The van der Waals surface area contributed by atoms with Crippen LogP contribution in [0, 0.1) is 0 Å². The molecule has 0 fully saturated rings. The first-order valence-corrected chi connectivity index (χ1v) is 3.67. The second-order valence-corrected chi connectivity index (χ2v) is 2.25. The standard InChI is InChI=1S/C3H6ClO4S.K/c4-1-3(5)2-8-9(6)7;/h3,5H,1-2H2;/q-1;+1. The first kappa shape index (κ1) is 14.3. The molecule has 0 saturated heterocycles. The monoisotopic (exact) mass is 212 g/mol. The minimum Gasteiger partial charge on any atom is -0.421 e. The number of hydrogen-bond donors (Lipinski definition) is 1. The molecular weight excluding hydrogens is 207 g/mol. The molecular formula is C3H6ClKO4S. The molecule has 0 radical (unpaired) electrons. The van der Waals surface area contributed by atoms with Crippen molar-refractivity contribution in [3.05, 3.63) is 0 Å². The molecule has 4 nitrogen and oxygen atoms in total. The van der Waals surface area contributed by atoms with Gasteiger partial charge in [-0.25, -0.2) is 0 Å². The molecule has 0 aliphatic carbocycles. The van der Waals surface area contributed by atoms with Gasteiger partial charge in [0.05, 0.1) is 29.6 Å². The van der Waals surface area contributed by atoms with Crippen molar-refractivity contribution in [2.45, 2.75) is 6.10 Å². The van der Waals surface area contributed by atoms with Crippen molar-refractivity contribution >= 4 is 22.6 Å². The van der Waals surface area contributed by atoms with Crippen LogP contribution in [-0.2, 0) is 23.6 Å². The first-order chi connectivity index (χ1) is 4.16. The van der Waals surface area contributed by atoms with E-state index in [9.17, 15) is 8.42 Å². The smallest absolute Gasteiger partial charge is 0.421 e. The van der Waals surface area contributed by atoms with Crippen LogP contribution in [0.5, 0.6) is 0 Å². The molecule has 0 amide bonds. The number of aliphatic hydroxyl groups excluding tert-OH is 1. The van der Waals surface area contributed by atoms with Gasteiger partial charge in [-0.1, -0.05) is 0 Å². The molecule has 0 saturated carbocycles. The summed E-state index contributed by atoms with van der Waals surface area (Å²) in [5.74, 6) is -0.0306. The summed E-state index contributed by atoms with van der Waals surface area (Å²) >= 11 is 5.10. The fourth-order valence-corrected chi connectivity index (χ4v) is 0.536. The molecule has 1 atom stereocenters. The Morgan fingerprint density at radius 3 is 2.40 bits per heavy atom. The minimum absolute atomic E-state index is 0. The average molecular weight is 213 g/mol. The van der Waals surface area contributed by atoms with E-state index in [4.69, 9.17) is 16.7 Å². The van der Waals surface area contributed by atoms with Gasteiger partial charge >= 0.3 is 51.4 Å². The molecule has 7 heteroatoms. The molecule has 0 spiro atoms. The number of halogens is 1. The molecule has 0 aliphatic rings. The molecule has 0 aromatic carbocycles. The maximum absolute atomic E-state index is 9.64. The van der Waals surface area contributed by atoms with Gasteiger partial charge in [0.25, 0.3) is 0 Å². The Hall–Kier alpha value is 1.80. The first-order valence-electron chi connectivity index (χ1n) is 2.13. The number of alkyl halides is 1. The van der Waals surface area contributed by atoms with E-state index >= 15 is 0 Å². The largest absolute Gasteiger partial charge is 1.00 e. The molecule has 0 heterocycles. The van der Waals surface area contributed by atoms with Crippen LogP contribution in [0.25, 0.3) is 0 Å². The van der Waals surface area contributed by atoms with Crippen LogP contribution < -0.4 is 51.4 Å². The van der Waals surface area contributed by atoms with Gasteiger partial charge in [-0.2, -0.15) is 0 Å². The zero-order chi connectivity index (χ0) is 7.28. The van der Waals surface area contributed by atoms with Crippen LogP contribution >= 0.6 is 11.6 Å². The van der Waals surface area contributed by atoms with Crippen molar-refractivity contribution in [3.63, 3.8) is 0 Å². The molecule has 0 bridgehead atoms. The van der Waals surface area contributed by atoms with E-state index in [0.717, 1.165) is 0 Å². The van der Waals surface area contributed by atoms with E-state index in [1.807, 2.05) is 0 Å². The van der Waals surface area contributed by atoms with Gasteiger partial charge in [0.15, 0.2) is 0 Å². The van der Waals surface area contributed by atoms with Crippen molar-refractivity contribution < 1.29 is 69.1 Å².